The lowest BCUT2D eigenvalue weighted by atomic mass is 9.98. The van der Waals surface area contributed by atoms with Crippen molar-refractivity contribution < 1.29 is 19.4 Å². The SMILES string of the molecule is C[C@H](CC#N)[C@@H](NC(=O)[C@@H]1CCCO1)C(=O)O. The zero-order chi connectivity index (χ0) is 12.8. The highest BCUT2D eigenvalue weighted by molar-refractivity contribution is 5.86. The lowest BCUT2D eigenvalue weighted by Crippen LogP contribution is -2.48. The van der Waals surface area contributed by atoms with Gasteiger partial charge in [0.15, 0.2) is 0 Å². The van der Waals surface area contributed by atoms with Crippen LogP contribution in [0.1, 0.15) is 26.2 Å². The van der Waals surface area contributed by atoms with Crippen molar-refractivity contribution in [3.63, 3.8) is 0 Å². The summed E-state index contributed by atoms with van der Waals surface area (Å²) in [4.78, 5) is 22.7. The quantitative estimate of drug-likeness (QED) is 0.719. The Hall–Kier alpha value is -1.61. The lowest BCUT2D eigenvalue weighted by molar-refractivity contribution is -0.145. The van der Waals surface area contributed by atoms with E-state index in [9.17, 15) is 9.59 Å². The lowest BCUT2D eigenvalue weighted by Gasteiger charge is -2.21. The Morgan fingerprint density at radius 3 is 2.82 bits per heavy atom. The van der Waals surface area contributed by atoms with Crippen LogP contribution in [0.4, 0.5) is 0 Å². The minimum absolute atomic E-state index is 0.0861. The topological polar surface area (TPSA) is 99.4 Å². The van der Waals surface area contributed by atoms with Crippen LogP contribution in [0.25, 0.3) is 0 Å². The summed E-state index contributed by atoms with van der Waals surface area (Å²) in [5.74, 6) is -1.96. The Labute approximate surface area is 99.6 Å². The van der Waals surface area contributed by atoms with Crippen molar-refractivity contribution in [2.24, 2.45) is 5.92 Å². The normalized spacial score (nSPS) is 22.5. The number of nitrogens with zero attached hydrogens (tertiary/aromatic N) is 1. The van der Waals surface area contributed by atoms with Gasteiger partial charge >= 0.3 is 5.97 Å². The third-order valence-corrected chi connectivity index (χ3v) is 2.77. The molecule has 1 fully saturated rings. The molecular formula is C11H16N2O4. The van der Waals surface area contributed by atoms with Gasteiger partial charge in [-0.15, -0.1) is 0 Å². The van der Waals surface area contributed by atoms with Crippen LogP contribution in [0.15, 0.2) is 0 Å². The van der Waals surface area contributed by atoms with E-state index in [1.54, 1.807) is 6.92 Å². The molecule has 2 N–H and O–H groups in total. The van der Waals surface area contributed by atoms with Crippen LogP contribution in [0, 0.1) is 17.2 Å². The van der Waals surface area contributed by atoms with E-state index in [2.05, 4.69) is 5.32 Å². The minimum atomic E-state index is -1.13. The Balaban J connectivity index is 2.57. The molecule has 1 saturated heterocycles. The summed E-state index contributed by atoms with van der Waals surface area (Å²) in [5, 5.41) is 20.0. The number of carbonyl (C=O) groups is 2. The minimum Gasteiger partial charge on any atom is -0.480 e. The highest BCUT2D eigenvalue weighted by Gasteiger charge is 2.31. The number of nitriles is 1. The number of hydrogen-bond donors (Lipinski definition) is 2. The number of carboxylic acid groups (broad SMARTS) is 1. The molecule has 3 atom stereocenters. The summed E-state index contributed by atoms with van der Waals surface area (Å²) >= 11 is 0. The van der Waals surface area contributed by atoms with Gasteiger partial charge in [0, 0.05) is 18.9 Å². The summed E-state index contributed by atoms with van der Waals surface area (Å²) in [5.41, 5.74) is 0. The molecule has 0 aromatic rings. The fourth-order valence-corrected chi connectivity index (χ4v) is 1.74. The molecule has 1 rings (SSSR count). The first kappa shape index (κ1) is 13.5. The monoisotopic (exact) mass is 240 g/mol. The summed E-state index contributed by atoms with van der Waals surface area (Å²) in [6.07, 6.45) is 0.961. The molecule has 6 heteroatoms. The first-order chi connectivity index (χ1) is 8.06. The molecule has 94 valence electrons. The van der Waals surface area contributed by atoms with E-state index in [4.69, 9.17) is 15.1 Å². The van der Waals surface area contributed by atoms with Gasteiger partial charge in [0.05, 0.1) is 6.07 Å². The summed E-state index contributed by atoms with van der Waals surface area (Å²) in [6.45, 7) is 2.15. The van der Waals surface area contributed by atoms with Gasteiger partial charge < -0.3 is 15.2 Å². The van der Waals surface area contributed by atoms with Crippen molar-refractivity contribution >= 4 is 11.9 Å². The van der Waals surface area contributed by atoms with Crippen molar-refractivity contribution in [1.29, 1.82) is 5.26 Å². The van der Waals surface area contributed by atoms with Gasteiger partial charge in [-0.05, 0) is 12.8 Å². The summed E-state index contributed by atoms with van der Waals surface area (Å²) in [7, 11) is 0. The van der Waals surface area contributed by atoms with E-state index in [-0.39, 0.29) is 6.42 Å². The van der Waals surface area contributed by atoms with E-state index in [0.717, 1.165) is 6.42 Å². The number of carboxylic acids is 1. The molecule has 0 spiro atoms. The second kappa shape index (κ2) is 6.21. The molecule has 1 aliphatic rings. The van der Waals surface area contributed by atoms with Gasteiger partial charge in [0.25, 0.3) is 0 Å². The second-order valence-electron chi connectivity index (χ2n) is 4.17. The molecule has 0 bridgehead atoms. The van der Waals surface area contributed by atoms with Gasteiger partial charge in [-0.1, -0.05) is 6.92 Å². The number of carbonyl (C=O) groups excluding carboxylic acids is 1. The molecule has 0 radical (unpaired) electrons. The number of amides is 1. The number of rotatable bonds is 5. The van der Waals surface area contributed by atoms with Crippen molar-refractivity contribution in [2.45, 2.75) is 38.3 Å². The Morgan fingerprint density at radius 2 is 2.35 bits per heavy atom. The fourth-order valence-electron chi connectivity index (χ4n) is 1.74. The zero-order valence-corrected chi connectivity index (χ0v) is 9.68. The predicted octanol–water partition coefficient (Wildman–Crippen LogP) is 0.285. The average molecular weight is 240 g/mol. The van der Waals surface area contributed by atoms with Gasteiger partial charge in [-0.25, -0.2) is 4.79 Å². The van der Waals surface area contributed by atoms with E-state index in [1.807, 2.05) is 6.07 Å². The van der Waals surface area contributed by atoms with Crippen LogP contribution in [0.5, 0.6) is 0 Å². The third-order valence-electron chi connectivity index (χ3n) is 2.77. The van der Waals surface area contributed by atoms with Crippen LogP contribution in [-0.2, 0) is 14.3 Å². The maximum atomic E-state index is 11.7. The van der Waals surface area contributed by atoms with Gasteiger partial charge in [-0.3, -0.25) is 4.79 Å². The summed E-state index contributed by atoms with van der Waals surface area (Å²) < 4.78 is 5.17. The van der Waals surface area contributed by atoms with Crippen molar-refractivity contribution in [3.05, 3.63) is 0 Å². The largest absolute Gasteiger partial charge is 0.480 e. The predicted molar refractivity (Wildman–Crippen MR) is 57.9 cm³/mol. The maximum Gasteiger partial charge on any atom is 0.326 e. The number of nitrogens with one attached hydrogen (secondary N) is 1. The molecule has 17 heavy (non-hydrogen) atoms. The van der Waals surface area contributed by atoms with Crippen LogP contribution in [-0.4, -0.2) is 35.7 Å². The van der Waals surface area contributed by atoms with Crippen molar-refractivity contribution in [3.8, 4) is 6.07 Å². The fraction of sp³-hybridized carbons (Fsp3) is 0.727. The first-order valence-corrected chi connectivity index (χ1v) is 5.58. The van der Waals surface area contributed by atoms with E-state index >= 15 is 0 Å². The molecule has 6 nitrogen and oxygen atoms in total. The molecule has 0 unspecified atom stereocenters. The molecular weight excluding hydrogens is 224 g/mol. The first-order valence-electron chi connectivity index (χ1n) is 5.58. The van der Waals surface area contributed by atoms with E-state index in [0.29, 0.717) is 13.0 Å². The second-order valence-corrected chi connectivity index (χ2v) is 4.17. The van der Waals surface area contributed by atoms with Crippen molar-refractivity contribution in [1.82, 2.24) is 5.32 Å². The van der Waals surface area contributed by atoms with Crippen LogP contribution in [0.2, 0.25) is 0 Å². The molecule has 1 aliphatic heterocycles. The average Bonchev–Trinajstić information content (AvgIpc) is 2.78. The molecule has 1 heterocycles. The van der Waals surface area contributed by atoms with Crippen LogP contribution in [0.3, 0.4) is 0 Å². The number of aliphatic carboxylic acids is 1. The number of hydrogen-bond acceptors (Lipinski definition) is 4. The van der Waals surface area contributed by atoms with E-state index in [1.165, 1.54) is 0 Å². The highest BCUT2D eigenvalue weighted by Crippen LogP contribution is 2.14. The Kier molecular flexibility index (Phi) is 4.91. The zero-order valence-electron chi connectivity index (χ0n) is 9.68. The molecule has 0 aromatic heterocycles. The highest BCUT2D eigenvalue weighted by atomic mass is 16.5. The molecule has 0 aliphatic carbocycles. The summed E-state index contributed by atoms with van der Waals surface area (Å²) in [6, 6.07) is 0.864. The third kappa shape index (κ3) is 3.71. The van der Waals surface area contributed by atoms with Crippen molar-refractivity contribution in [2.75, 3.05) is 6.61 Å². The van der Waals surface area contributed by atoms with E-state index < -0.39 is 29.9 Å². The molecule has 0 saturated carbocycles. The standard InChI is InChI=1S/C11H16N2O4/c1-7(4-5-12)9(11(15)16)13-10(14)8-3-2-6-17-8/h7-9H,2-4,6H2,1H3,(H,13,14)(H,15,16)/t7-,8+,9-/m1/s1. The van der Waals surface area contributed by atoms with Gasteiger partial charge in [-0.2, -0.15) is 5.26 Å². The van der Waals surface area contributed by atoms with Gasteiger partial charge in [0.2, 0.25) is 5.91 Å². The molecule has 1 amide bonds. The molecule has 0 aromatic carbocycles. The Morgan fingerprint density at radius 1 is 1.65 bits per heavy atom. The maximum absolute atomic E-state index is 11.7. The smallest absolute Gasteiger partial charge is 0.326 e. The number of ether oxygens (including phenoxy) is 1. The van der Waals surface area contributed by atoms with Gasteiger partial charge in [0.1, 0.15) is 12.1 Å². The Bertz CT molecular complexity index is 331. The van der Waals surface area contributed by atoms with Crippen LogP contribution < -0.4 is 5.32 Å². The van der Waals surface area contributed by atoms with Crippen LogP contribution >= 0.6 is 0 Å².